The van der Waals surface area contributed by atoms with Gasteiger partial charge in [-0.25, -0.2) is 0 Å². The van der Waals surface area contributed by atoms with Gasteiger partial charge in [-0.15, -0.1) is 11.3 Å². The lowest BCUT2D eigenvalue weighted by Crippen LogP contribution is -2.16. The zero-order valence-electron chi connectivity index (χ0n) is 35.7. The standard InChI is InChI=1S/C60H48S/c1-59(2,3)40-33-39(34-41(36-40)60(4,5)6)56-46-25-14-16-27-48(46)57(49-28-17-15-26-47(49)56)51-29-18-30-52-58(51)50-32-31-38(35-53(50)61-52)55-44-23-12-10-21-42(44)54(37-19-8-7-9-20-37)43-22-11-13-24-45(43)55/h7-36H,1-6H3. The summed E-state index contributed by atoms with van der Waals surface area (Å²) in [5, 5.41) is 12.9. The third kappa shape index (κ3) is 6.09. The highest BCUT2D eigenvalue weighted by Gasteiger charge is 2.25. The molecule has 0 fully saturated rings. The molecule has 1 heterocycles. The smallest absolute Gasteiger partial charge is 0.0361 e. The van der Waals surface area contributed by atoms with Gasteiger partial charge in [0.2, 0.25) is 0 Å². The predicted octanol–water partition coefficient (Wildman–Crippen LogP) is 17.9. The summed E-state index contributed by atoms with van der Waals surface area (Å²) in [4.78, 5) is 0. The number of fused-ring (bicyclic) bond motifs is 7. The highest BCUT2D eigenvalue weighted by atomic mass is 32.1. The van der Waals surface area contributed by atoms with Crippen molar-refractivity contribution in [3.8, 4) is 44.5 Å². The Morgan fingerprint density at radius 3 is 1.20 bits per heavy atom. The molecule has 1 heteroatoms. The fraction of sp³-hybridized carbons (Fsp3) is 0.133. The van der Waals surface area contributed by atoms with Crippen molar-refractivity contribution in [3.05, 3.63) is 193 Å². The van der Waals surface area contributed by atoms with E-state index >= 15 is 0 Å². The molecule has 0 radical (unpaired) electrons. The highest BCUT2D eigenvalue weighted by Crippen LogP contribution is 2.50. The first-order valence-electron chi connectivity index (χ1n) is 21.6. The van der Waals surface area contributed by atoms with Crippen molar-refractivity contribution in [2.24, 2.45) is 0 Å². The van der Waals surface area contributed by atoms with Crippen LogP contribution in [0.2, 0.25) is 0 Å². The van der Waals surface area contributed by atoms with Gasteiger partial charge in [0, 0.05) is 20.2 Å². The molecule has 0 nitrogen and oxygen atoms in total. The van der Waals surface area contributed by atoms with Crippen LogP contribution in [-0.2, 0) is 10.8 Å². The summed E-state index contributed by atoms with van der Waals surface area (Å²) in [6.07, 6.45) is 0. The van der Waals surface area contributed by atoms with Crippen LogP contribution in [0.1, 0.15) is 52.7 Å². The summed E-state index contributed by atoms with van der Waals surface area (Å²) in [6, 6.07) is 68.5. The molecule has 11 aromatic rings. The molecule has 0 aliphatic heterocycles. The van der Waals surface area contributed by atoms with E-state index < -0.39 is 0 Å². The number of rotatable bonds is 4. The van der Waals surface area contributed by atoms with Gasteiger partial charge in [-0.2, -0.15) is 0 Å². The van der Waals surface area contributed by atoms with E-state index in [-0.39, 0.29) is 10.8 Å². The normalized spacial score (nSPS) is 12.4. The Bertz CT molecular complexity index is 3390. The molecule has 0 atom stereocenters. The SMILES string of the molecule is CC(C)(C)c1cc(-c2c3ccccc3c(-c3cccc4sc5cc(-c6c7ccccc7c(-c7ccccc7)c7ccccc67)ccc5c34)c3ccccc23)cc(C(C)(C)C)c1. The van der Waals surface area contributed by atoms with Crippen molar-refractivity contribution in [2.75, 3.05) is 0 Å². The van der Waals surface area contributed by atoms with Gasteiger partial charge in [-0.05, 0) is 122 Å². The molecule has 10 aromatic carbocycles. The summed E-state index contributed by atoms with van der Waals surface area (Å²) in [5.41, 5.74) is 13.1. The fourth-order valence-electron chi connectivity index (χ4n) is 9.91. The Kier molecular flexibility index (Phi) is 8.61. The maximum absolute atomic E-state index is 2.45. The van der Waals surface area contributed by atoms with Crippen LogP contribution in [0.5, 0.6) is 0 Å². The van der Waals surface area contributed by atoms with Gasteiger partial charge >= 0.3 is 0 Å². The second-order valence-corrected chi connectivity index (χ2v) is 19.9. The molecule has 11 rings (SSSR count). The molecule has 0 aliphatic carbocycles. The van der Waals surface area contributed by atoms with E-state index in [1.807, 2.05) is 11.3 Å². The van der Waals surface area contributed by atoms with E-state index in [1.165, 1.54) is 119 Å². The lowest BCUT2D eigenvalue weighted by atomic mass is 9.77. The van der Waals surface area contributed by atoms with E-state index in [2.05, 4.69) is 224 Å². The zero-order chi connectivity index (χ0) is 41.6. The molecule has 0 unspecified atom stereocenters. The first-order chi connectivity index (χ1) is 29.5. The molecular weight excluding hydrogens is 753 g/mol. The van der Waals surface area contributed by atoms with Gasteiger partial charge in [0.15, 0.2) is 0 Å². The number of hydrogen-bond donors (Lipinski definition) is 0. The van der Waals surface area contributed by atoms with Gasteiger partial charge in [0.25, 0.3) is 0 Å². The summed E-state index contributed by atoms with van der Waals surface area (Å²) in [6.45, 7) is 14.0. The van der Waals surface area contributed by atoms with Crippen LogP contribution in [0.25, 0.3) is 108 Å². The maximum Gasteiger partial charge on any atom is 0.0361 e. The van der Waals surface area contributed by atoms with Crippen LogP contribution < -0.4 is 0 Å². The molecule has 1 aromatic heterocycles. The van der Waals surface area contributed by atoms with Gasteiger partial charge < -0.3 is 0 Å². The molecule has 294 valence electrons. The third-order valence-electron chi connectivity index (χ3n) is 12.9. The summed E-state index contributed by atoms with van der Waals surface area (Å²) in [5.74, 6) is 0. The molecule has 0 aliphatic rings. The zero-order valence-corrected chi connectivity index (χ0v) is 36.5. The van der Waals surface area contributed by atoms with Crippen molar-refractivity contribution < 1.29 is 0 Å². The molecule has 0 N–H and O–H groups in total. The first-order valence-corrected chi connectivity index (χ1v) is 22.4. The predicted molar refractivity (Wildman–Crippen MR) is 268 cm³/mol. The minimum absolute atomic E-state index is 0.0168. The van der Waals surface area contributed by atoms with Crippen molar-refractivity contribution in [1.82, 2.24) is 0 Å². The van der Waals surface area contributed by atoms with Crippen LogP contribution in [0.4, 0.5) is 0 Å². The second kappa shape index (κ2) is 14.0. The average Bonchev–Trinajstić information content (AvgIpc) is 3.65. The maximum atomic E-state index is 2.45. The van der Waals surface area contributed by atoms with Gasteiger partial charge in [0.1, 0.15) is 0 Å². The Hall–Kier alpha value is -6.54. The molecule has 0 saturated heterocycles. The van der Waals surface area contributed by atoms with Crippen LogP contribution in [0, 0.1) is 0 Å². The number of benzene rings is 10. The van der Waals surface area contributed by atoms with E-state index in [0.717, 1.165) is 0 Å². The molecule has 0 saturated carbocycles. The lowest BCUT2D eigenvalue weighted by Gasteiger charge is -2.27. The highest BCUT2D eigenvalue weighted by molar-refractivity contribution is 7.26. The Morgan fingerprint density at radius 2 is 0.721 bits per heavy atom. The van der Waals surface area contributed by atoms with Crippen molar-refractivity contribution in [2.45, 2.75) is 52.4 Å². The van der Waals surface area contributed by atoms with Gasteiger partial charge in [-0.3, -0.25) is 0 Å². The monoisotopic (exact) mass is 800 g/mol. The fourth-order valence-corrected chi connectivity index (χ4v) is 11.1. The van der Waals surface area contributed by atoms with Crippen LogP contribution in [0.3, 0.4) is 0 Å². The molecule has 0 amide bonds. The number of thiophene rings is 1. The Morgan fingerprint density at radius 1 is 0.295 bits per heavy atom. The molecule has 0 spiro atoms. The van der Waals surface area contributed by atoms with Crippen LogP contribution >= 0.6 is 11.3 Å². The van der Waals surface area contributed by atoms with Crippen molar-refractivity contribution in [3.63, 3.8) is 0 Å². The van der Waals surface area contributed by atoms with E-state index in [1.54, 1.807) is 0 Å². The van der Waals surface area contributed by atoms with E-state index in [9.17, 15) is 0 Å². The summed E-state index contributed by atoms with van der Waals surface area (Å²) >= 11 is 1.91. The van der Waals surface area contributed by atoms with E-state index in [4.69, 9.17) is 0 Å². The van der Waals surface area contributed by atoms with Crippen LogP contribution in [-0.4, -0.2) is 0 Å². The molecular formula is C60H48S. The molecule has 61 heavy (non-hydrogen) atoms. The van der Waals surface area contributed by atoms with Gasteiger partial charge in [0.05, 0.1) is 0 Å². The Balaban J connectivity index is 1.16. The third-order valence-corrected chi connectivity index (χ3v) is 14.1. The van der Waals surface area contributed by atoms with Crippen molar-refractivity contribution in [1.29, 1.82) is 0 Å². The Labute approximate surface area is 362 Å². The quantitative estimate of drug-likeness (QED) is 0.156. The summed E-state index contributed by atoms with van der Waals surface area (Å²) in [7, 11) is 0. The summed E-state index contributed by atoms with van der Waals surface area (Å²) < 4.78 is 2.61. The molecule has 0 bridgehead atoms. The largest absolute Gasteiger partial charge is 0.135 e. The van der Waals surface area contributed by atoms with E-state index in [0.29, 0.717) is 0 Å². The minimum atomic E-state index is 0.0168. The van der Waals surface area contributed by atoms with Crippen molar-refractivity contribution >= 4 is 74.6 Å². The second-order valence-electron chi connectivity index (χ2n) is 18.8. The minimum Gasteiger partial charge on any atom is -0.135 e. The van der Waals surface area contributed by atoms with Crippen LogP contribution in [0.15, 0.2) is 182 Å². The topological polar surface area (TPSA) is 0 Å². The average molecular weight is 801 g/mol. The first kappa shape index (κ1) is 37.5. The van der Waals surface area contributed by atoms with Gasteiger partial charge in [-0.1, -0.05) is 211 Å². The number of hydrogen-bond acceptors (Lipinski definition) is 1. The lowest BCUT2D eigenvalue weighted by molar-refractivity contribution is 0.569.